The lowest BCUT2D eigenvalue weighted by Gasteiger charge is -2.32. The van der Waals surface area contributed by atoms with Gasteiger partial charge in [-0.05, 0) is 31.0 Å². The molecule has 130 valence electrons. The van der Waals surface area contributed by atoms with Crippen molar-refractivity contribution in [3.63, 3.8) is 0 Å². The van der Waals surface area contributed by atoms with Crippen LogP contribution in [0.1, 0.15) is 44.5 Å². The number of hydrogen-bond acceptors (Lipinski definition) is 4. The first kappa shape index (κ1) is 17.0. The molecule has 0 atom stereocenters. The predicted octanol–water partition coefficient (Wildman–Crippen LogP) is 2.57. The molecule has 8 heteroatoms. The summed E-state index contributed by atoms with van der Waals surface area (Å²) in [6, 6.07) is 5.35. The topological polar surface area (TPSA) is 68.1 Å². The van der Waals surface area contributed by atoms with Crippen LogP contribution in [0.3, 0.4) is 0 Å². The molecule has 1 aromatic heterocycles. The first-order valence-electron chi connectivity index (χ1n) is 8.04. The maximum Gasteiger partial charge on any atom is 0.243 e. The van der Waals surface area contributed by atoms with Crippen molar-refractivity contribution >= 4 is 10.0 Å². The zero-order valence-corrected chi connectivity index (χ0v) is 14.6. The molecule has 0 saturated carbocycles. The largest absolute Gasteiger partial charge is 0.314 e. The van der Waals surface area contributed by atoms with E-state index in [-0.39, 0.29) is 16.9 Å². The number of piperidine rings is 1. The van der Waals surface area contributed by atoms with Gasteiger partial charge in [-0.2, -0.15) is 4.31 Å². The molecule has 24 heavy (non-hydrogen) atoms. The number of rotatable bonds is 4. The molecule has 2 heterocycles. The number of aromatic nitrogens is 3. The van der Waals surface area contributed by atoms with Gasteiger partial charge in [-0.25, -0.2) is 12.8 Å². The van der Waals surface area contributed by atoms with Crippen molar-refractivity contribution in [3.05, 3.63) is 42.2 Å². The molecule has 6 nitrogen and oxygen atoms in total. The molecule has 1 aliphatic rings. The first-order chi connectivity index (χ1) is 11.4. The van der Waals surface area contributed by atoms with E-state index in [0.29, 0.717) is 25.9 Å². The van der Waals surface area contributed by atoms with Gasteiger partial charge in [0.25, 0.3) is 0 Å². The maximum absolute atomic E-state index is 13.3. The van der Waals surface area contributed by atoms with Crippen LogP contribution in [0.2, 0.25) is 0 Å². The summed E-state index contributed by atoms with van der Waals surface area (Å²) < 4.78 is 42.1. The molecule has 0 amide bonds. The van der Waals surface area contributed by atoms with Crippen LogP contribution in [-0.2, 0) is 10.0 Å². The van der Waals surface area contributed by atoms with Gasteiger partial charge in [0.2, 0.25) is 10.0 Å². The van der Waals surface area contributed by atoms with E-state index in [9.17, 15) is 12.8 Å². The highest BCUT2D eigenvalue weighted by molar-refractivity contribution is 7.89. The first-order valence-corrected chi connectivity index (χ1v) is 9.48. The molecule has 0 N–H and O–H groups in total. The van der Waals surface area contributed by atoms with Gasteiger partial charge < -0.3 is 4.57 Å². The third kappa shape index (κ3) is 3.21. The lowest BCUT2D eigenvalue weighted by Crippen LogP contribution is -2.39. The normalized spacial score (nSPS) is 17.5. The third-order valence-corrected chi connectivity index (χ3v) is 6.26. The Morgan fingerprint density at radius 3 is 2.58 bits per heavy atom. The summed E-state index contributed by atoms with van der Waals surface area (Å²) in [5.74, 6) is 0.639. The van der Waals surface area contributed by atoms with Crippen molar-refractivity contribution < 1.29 is 12.8 Å². The van der Waals surface area contributed by atoms with Gasteiger partial charge in [-0.1, -0.05) is 19.9 Å². The second-order valence-electron chi connectivity index (χ2n) is 6.34. The summed E-state index contributed by atoms with van der Waals surface area (Å²) in [6.45, 7) is 4.92. The van der Waals surface area contributed by atoms with E-state index < -0.39 is 15.8 Å². The smallest absolute Gasteiger partial charge is 0.243 e. The Kier molecular flexibility index (Phi) is 4.69. The summed E-state index contributed by atoms with van der Waals surface area (Å²) in [5, 5.41) is 8.14. The number of halogens is 1. The van der Waals surface area contributed by atoms with Crippen LogP contribution in [-0.4, -0.2) is 40.6 Å². The minimum atomic E-state index is -3.65. The zero-order chi connectivity index (χ0) is 17.3. The number of hydrogen-bond donors (Lipinski definition) is 0. The number of benzene rings is 1. The maximum atomic E-state index is 13.3. The molecule has 1 aromatic carbocycles. The van der Waals surface area contributed by atoms with Gasteiger partial charge in [0, 0.05) is 25.0 Å². The van der Waals surface area contributed by atoms with Crippen LogP contribution >= 0.6 is 0 Å². The molecule has 1 fully saturated rings. The van der Waals surface area contributed by atoms with Gasteiger partial charge in [-0.3, -0.25) is 0 Å². The Morgan fingerprint density at radius 2 is 1.96 bits per heavy atom. The zero-order valence-electron chi connectivity index (χ0n) is 13.8. The van der Waals surface area contributed by atoms with Crippen LogP contribution in [0.15, 0.2) is 35.5 Å². The molecule has 0 spiro atoms. The Bertz CT molecular complexity index is 811. The average Bonchev–Trinajstić information content (AvgIpc) is 3.05. The standard InChI is InChI=1S/C16H21FN4O2S/c1-12(2)16-19-18-11-21(16)14-6-8-20(9-7-14)24(22,23)15-5-3-4-13(17)10-15/h3-5,10-12,14H,6-9H2,1-2H3. The van der Waals surface area contributed by atoms with E-state index in [1.807, 2.05) is 0 Å². The average molecular weight is 352 g/mol. The van der Waals surface area contributed by atoms with Gasteiger partial charge in [0.1, 0.15) is 18.0 Å². The quantitative estimate of drug-likeness (QED) is 0.848. The monoisotopic (exact) mass is 352 g/mol. The predicted molar refractivity (Wildman–Crippen MR) is 87.5 cm³/mol. The molecule has 0 unspecified atom stereocenters. The van der Waals surface area contributed by atoms with Crippen LogP contribution in [0, 0.1) is 5.82 Å². The summed E-state index contributed by atoms with van der Waals surface area (Å²) in [4.78, 5) is 0.00752. The lowest BCUT2D eigenvalue weighted by molar-refractivity contribution is 0.268. The molecule has 2 aromatic rings. The summed E-state index contributed by atoms with van der Waals surface area (Å²) in [6.07, 6.45) is 3.09. The van der Waals surface area contributed by atoms with Gasteiger partial charge in [-0.15, -0.1) is 10.2 Å². The van der Waals surface area contributed by atoms with E-state index >= 15 is 0 Å². The van der Waals surface area contributed by atoms with Crippen LogP contribution in [0.25, 0.3) is 0 Å². The minimum Gasteiger partial charge on any atom is -0.314 e. The van der Waals surface area contributed by atoms with Crippen molar-refractivity contribution in [2.45, 2.75) is 43.5 Å². The second kappa shape index (κ2) is 6.60. The van der Waals surface area contributed by atoms with Crippen molar-refractivity contribution in [1.29, 1.82) is 0 Å². The minimum absolute atomic E-state index is 0.00752. The van der Waals surface area contributed by atoms with Gasteiger partial charge in [0.15, 0.2) is 0 Å². The summed E-state index contributed by atoms with van der Waals surface area (Å²) in [5.41, 5.74) is 0. The highest BCUT2D eigenvalue weighted by atomic mass is 32.2. The lowest BCUT2D eigenvalue weighted by atomic mass is 10.1. The Labute approximate surface area is 141 Å². The van der Waals surface area contributed by atoms with E-state index in [2.05, 4.69) is 28.6 Å². The van der Waals surface area contributed by atoms with E-state index in [0.717, 1.165) is 11.9 Å². The van der Waals surface area contributed by atoms with Crippen LogP contribution < -0.4 is 0 Å². The van der Waals surface area contributed by atoms with Gasteiger partial charge in [0.05, 0.1) is 4.90 Å². The van der Waals surface area contributed by atoms with Crippen molar-refractivity contribution in [3.8, 4) is 0 Å². The van der Waals surface area contributed by atoms with E-state index in [1.54, 1.807) is 6.33 Å². The molecule has 1 aliphatic heterocycles. The molecule has 1 saturated heterocycles. The van der Waals surface area contributed by atoms with E-state index in [4.69, 9.17) is 0 Å². The Hall–Kier alpha value is -1.80. The SMILES string of the molecule is CC(C)c1nncn1C1CCN(S(=O)(=O)c2cccc(F)c2)CC1. The van der Waals surface area contributed by atoms with E-state index in [1.165, 1.54) is 22.5 Å². The fourth-order valence-corrected chi connectivity index (χ4v) is 4.59. The second-order valence-corrected chi connectivity index (χ2v) is 8.28. The van der Waals surface area contributed by atoms with Crippen molar-refractivity contribution in [2.75, 3.05) is 13.1 Å². The number of sulfonamides is 1. The third-order valence-electron chi connectivity index (χ3n) is 4.37. The molecular formula is C16H21FN4O2S. The molecule has 0 aliphatic carbocycles. The highest BCUT2D eigenvalue weighted by Gasteiger charge is 2.31. The van der Waals surface area contributed by atoms with Crippen LogP contribution in [0.4, 0.5) is 4.39 Å². The number of nitrogens with zero attached hydrogens (tertiary/aromatic N) is 4. The Morgan fingerprint density at radius 1 is 1.25 bits per heavy atom. The van der Waals surface area contributed by atoms with Crippen LogP contribution in [0.5, 0.6) is 0 Å². The molecular weight excluding hydrogens is 331 g/mol. The van der Waals surface area contributed by atoms with Gasteiger partial charge >= 0.3 is 0 Å². The highest BCUT2D eigenvalue weighted by Crippen LogP contribution is 2.29. The molecule has 0 bridgehead atoms. The fourth-order valence-electron chi connectivity index (χ4n) is 3.08. The summed E-state index contributed by atoms with van der Waals surface area (Å²) >= 11 is 0. The van der Waals surface area contributed by atoms with Crippen molar-refractivity contribution in [1.82, 2.24) is 19.1 Å². The summed E-state index contributed by atoms with van der Waals surface area (Å²) in [7, 11) is -3.65. The molecule has 0 radical (unpaired) electrons. The van der Waals surface area contributed by atoms with Crippen molar-refractivity contribution in [2.24, 2.45) is 0 Å². The fraction of sp³-hybridized carbons (Fsp3) is 0.500. The molecule has 3 rings (SSSR count). The Balaban J connectivity index is 1.74.